The van der Waals surface area contributed by atoms with E-state index >= 15 is 0 Å². The summed E-state index contributed by atoms with van der Waals surface area (Å²) in [7, 11) is 1.70. The molecule has 0 bridgehead atoms. The molecule has 0 aliphatic heterocycles. The maximum absolute atomic E-state index is 5.48. The number of methoxy groups -OCH3 is 1. The molecule has 0 atom stereocenters. The Bertz CT molecular complexity index is 312. The van der Waals surface area contributed by atoms with E-state index in [1.54, 1.807) is 18.9 Å². The van der Waals surface area contributed by atoms with E-state index < -0.39 is 0 Å². The second kappa shape index (κ2) is 5.27. The Kier molecular flexibility index (Phi) is 4.29. The highest BCUT2D eigenvalue weighted by Gasteiger charge is 2.04. The van der Waals surface area contributed by atoms with E-state index in [1.807, 2.05) is 0 Å². The van der Waals surface area contributed by atoms with Crippen molar-refractivity contribution in [3.8, 4) is 5.75 Å². The predicted octanol–water partition coefficient (Wildman–Crippen LogP) is 2.36. The second-order valence-corrected chi connectivity index (χ2v) is 4.36. The third-order valence-electron chi connectivity index (χ3n) is 2.07. The van der Waals surface area contributed by atoms with Gasteiger partial charge in [0.2, 0.25) is 0 Å². The van der Waals surface area contributed by atoms with Crippen LogP contribution >= 0.6 is 11.8 Å². The van der Waals surface area contributed by atoms with Crippen LogP contribution < -0.4 is 10.5 Å². The van der Waals surface area contributed by atoms with E-state index in [4.69, 9.17) is 10.5 Å². The first-order valence-electron chi connectivity index (χ1n) is 4.67. The minimum Gasteiger partial charge on any atom is -0.496 e. The highest BCUT2D eigenvalue weighted by atomic mass is 32.2. The number of benzene rings is 1. The molecule has 0 saturated carbocycles. The van der Waals surface area contributed by atoms with E-state index in [0.29, 0.717) is 0 Å². The number of thioether (sulfide) groups is 1. The fourth-order valence-corrected chi connectivity index (χ4v) is 2.19. The molecular weight excluding hydrogens is 194 g/mol. The van der Waals surface area contributed by atoms with Gasteiger partial charge in [-0.05, 0) is 37.1 Å². The van der Waals surface area contributed by atoms with Crippen LogP contribution in [-0.4, -0.2) is 19.4 Å². The third-order valence-corrected chi connectivity index (χ3v) is 3.26. The molecule has 0 radical (unpaired) electrons. The zero-order chi connectivity index (χ0) is 10.6. The van der Waals surface area contributed by atoms with Crippen LogP contribution in [0.15, 0.2) is 17.0 Å². The van der Waals surface area contributed by atoms with E-state index in [2.05, 4.69) is 26.0 Å². The van der Waals surface area contributed by atoms with Gasteiger partial charge in [0.1, 0.15) is 5.75 Å². The van der Waals surface area contributed by atoms with Crippen molar-refractivity contribution in [1.29, 1.82) is 0 Å². The maximum atomic E-state index is 5.48. The largest absolute Gasteiger partial charge is 0.496 e. The van der Waals surface area contributed by atoms with Gasteiger partial charge in [-0.15, -0.1) is 11.8 Å². The van der Waals surface area contributed by atoms with Gasteiger partial charge in [-0.2, -0.15) is 0 Å². The Balaban J connectivity index is 2.90. The van der Waals surface area contributed by atoms with Crippen molar-refractivity contribution in [3.05, 3.63) is 23.3 Å². The van der Waals surface area contributed by atoms with Crippen molar-refractivity contribution < 1.29 is 4.74 Å². The monoisotopic (exact) mass is 211 g/mol. The summed E-state index contributed by atoms with van der Waals surface area (Å²) in [4.78, 5) is 1.30. The Morgan fingerprint density at radius 3 is 2.57 bits per heavy atom. The molecule has 0 unspecified atom stereocenters. The van der Waals surface area contributed by atoms with Gasteiger partial charge < -0.3 is 10.5 Å². The summed E-state index contributed by atoms with van der Waals surface area (Å²) in [6.45, 7) is 4.88. The first-order chi connectivity index (χ1) is 6.69. The summed E-state index contributed by atoms with van der Waals surface area (Å²) in [6, 6.07) is 4.24. The quantitative estimate of drug-likeness (QED) is 0.777. The van der Waals surface area contributed by atoms with Crippen LogP contribution in [0.25, 0.3) is 0 Å². The summed E-state index contributed by atoms with van der Waals surface area (Å²) in [6.07, 6.45) is 0. The van der Waals surface area contributed by atoms with Crippen LogP contribution in [0, 0.1) is 13.8 Å². The van der Waals surface area contributed by atoms with Gasteiger partial charge in [0.15, 0.2) is 0 Å². The SMILES string of the molecule is COc1cc(C)c(SCCN)cc1C. The lowest BCUT2D eigenvalue weighted by atomic mass is 10.1. The van der Waals surface area contributed by atoms with Crippen LogP contribution in [0.2, 0.25) is 0 Å². The molecule has 0 amide bonds. The molecule has 78 valence electrons. The minimum atomic E-state index is 0.717. The van der Waals surface area contributed by atoms with Crippen molar-refractivity contribution in [2.75, 3.05) is 19.4 Å². The number of nitrogens with two attached hydrogens (primary N) is 1. The molecule has 1 aromatic carbocycles. The molecule has 0 aliphatic carbocycles. The molecule has 14 heavy (non-hydrogen) atoms. The van der Waals surface area contributed by atoms with Gasteiger partial charge in [0.25, 0.3) is 0 Å². The van der Waals surface area contributed by atoms with Crippen molar-refractivity contribution >= 4 is 11.8 Å². The zero-order valence-corrected chi connectivity index (χ0v) is 9.78. The van der Waals surface area contributed by atoms with E-state index in [9.17, 15) is 0 Å². The average Bonchev–Trinajstić information content (AvgIpc) is 2.18. The number of rotatable bonds is 4. The number of aryl methyl sites for hydroxylation is 2. The molecule has 0 saturated heterocycles. The standard InChI is InChI=1S/C11H17NOS/c1-8-7-11(14-5-4-12)9(2)6-10(8)13-3/h6-7H,4-5,12H2,1-3H3. The van der Waals surface area contributed by atoms with Gasteiger partial charge in [-0.1, -0.05) is 0 Å². The number of hydrogen-bond acceptors (Lipinski definition) is 3. The van der Waals surface area contributed by atoms with Crippen molar-refractivity contribution in [2.45, 2.75) is 18.7 Å². The van der Waals surface area contributed by atoms with Crippen molar-refractivity contribution in [3.63, 3.8) is 0 Å². The molecular formula is C11H17NOS. The summed E-state index contributed by atoms with van der Waals surface area (Å²) in [5, 5.41) is 0. The number of hydrogen-bond donors (Lipinski definition) is 1. The van der Waals surface area contributed by atoms with Gasteiger partial charge in [0, 0.05) is 17.2 Å². The van der Waals surface area contributed by atoms with Crippen LogP contribution in [-0.2, 0) is 0 Å². The molecule has 2 N–H and O–H groups in total. The Hall–Kier alpha value is -0.670. The fraction of sp³-hybridized carbons (Fsp3) is 0.455. The summed E-state index contributed by atoms with van der Waals surface area (Å²) < 4.78 is 5.25. The molecule has 1 aromatic rings. The first kappa shape index (κ1) is 11.4. The molecule has 0 fully saturated rings. The van der Waals surface area contributed by atoms with Gasteiger partial charge in [-0.25, -0.2) is 0 Å². The lowest BCUT2D eigenvalue weighted by molar-refractivity contribution is 0.411. The third kappa shape index (κ3) is 2.66. The highest BCUT2D eigenvalue weighted by molar-refractivity contribution is 7.99. The predicted molar refractivity (Wildman–Crippen MR) is 62.2 cm³/mol. The smallest absolute Gasteiger partial charge is 0.122 e. The van der Waals surface area contributed by atoms with Gasteiger partial charge >= 0.3 is 0 Å². The van der Waals surface area contributed by atoms with Crippen LogP contribution in [0.3, 0.4) is 0 Å². The highest BCUT2D eigenvalue weighted by Crippen LogP contribution is 2.28. The van der Waals surface area contributed by atoms with Crippen molar-refractivity contribution in [2.24, 2.45) is 5.73 Å². The summed E-state index contributed by atoms with van der Waals surface area (Å²) in [5.41, 5.74) is 7.91. The second-order valence-electron chi connectivity index (χ2n) is 3.22. The Morgan fingerprint density at radius 2 is 2.00 bits per heavy atom. The summed E-state index contributed by atoms with van der Waals surface area (Å²) in [5.74, 6) is 1.92. The molecule has 0 spiro atoms. The van der Waals surface area contributed by atoms with Crippen LogP contribution in [0.1, 0.15) is 11.1 Å². The van der Waals surface area contributed by atoms with Crippen molar-refractivity contribution in [1.82, 2.24) is 0 Å². The molecule has 2 nitrogen and oxygen atoms in total. The molecule has 3 heteroatoms. The Labute approximate surface area is 89.8 Å². The molecule has 1 rings (SSSR count). The maximum Gasteiger partial charge on any atom is 0.122 e. The van der Waals surface area contributed by atoms with E-state index in [0.717, 1.165) is 18.0 Å². The number of ether oxygens (including phenoxy) is 1. The van der Waals surface area contributed by atoms with E-state index in [-0.39, 0.29) is 0 Å². The topological polar surface area (TPSA) is 35.2 Å². The van der Waals surface area contributed by atoms with Crippen LogP contribution in [0.4, 0.5) is 0 Å². The summed E-state index contributed by atoms with van der Waals surface area (Å²) >= 11 is 1.80. The minimum absolute atomic E-state index is 0.717. The zero-order valence-electron chi connectivity index (χ0n) is 8.96. The average molecular weight is 211 g/mol. The first-order valence-corrected chi connectivity index (χ1v) is 5.65. The fourth-order valence-electron chi connectivity index (χ4n) is 1.31. The molecule has 0 heterocycles. The lowest BCUT2D eigenvalue weighted by Gasteiger charge is -2.10. The lowest BCUT2D eigenvalue weighted by Crippen LogP contribution is -2.01. The normalized spacial score (nSPS) is 10.3. The van der Waals surface area contributed by atoms with E-state index in [1.165, 1.54) is 16.0 Å². The van der Waals surface area contributed by atoms with Gasteiger partial charge in [0.05, 0.1) is 7.11 Å². The molecule has 0 aromatic heterocycles. The van der Waals surface area contributed by atoms with Crippen LogP contribution in [0.5, 0.6) is 5.75 Å². The van der Waals surface area contributed by atoms with Gasteiger partial charge in [-0.3, -0.25) is 0 Å². The molecule has 0 aliphatic rings. The Morgan fingerprint density at radius 1 is 1.29 bits per heavy atom.